The third kappa shape index (κ3) is 6.24. The van der Waals surface area contributed by atoms with E-state index in [1.54, 1.807) is 17.2 Å². The molecule has 10 nitrogen and oxygen atoms in total. The number of hydrogen-bond acceptors (Lipinski definition) is 9. The Morgan fingerprint density at radius 1 is 1.19 bits per heavy atom. The molecule has 1 saturated heterocycles. The van der Waals surface area contributed by atoms with E-state index < -0.39 is 5.60 Å². The third-order valence-corrected chi connectivity index (χ3v) is 7.84. The van der Waals surface area contributed by atoms with Crippen LogP contribution in [0.5, 0.6) is 0 Å². The fourth-order valence-corrected chi connectivity index (χ4v) is 5.45. The number of pyridine rings is 1. The minimum atomic E-state index is -0.713. The van der Waals surface area contributed by atoms with Gasteiger partial charge in [0.25, 0.3) is 0 Å². The van der Waals surface area contributed by atoms with Gasteiger partial charge < -0.3 is 21.1 Å². The predicted octanol–water partition coefficient (Wildman–Crippen LogP) is 3.33. The molecule has 0 bridgehead atoms. The quantitative estimate of drug-likeness (QED) is 0.230. The Morgan fingerprint density at radius 2 is 2.05 bits per heavy atom. The van der Waals surface area contributed by atoms with E-state index in [1.165, 1.54) is 5.57 Å². The van der Waals surface area contributed by atoms with Crippen molar-refractivity contribution in [3.05, 3.63) is 78.2 Å². The summed E-state index contributed by atoms with van der Waals surface area (Å²) in [6.07, 6.45) is 12.1. The maximum Gasteiger partial charge on any atom is 0.248 e. The van der Waals surface area contributed by atoms with E-state index in [4.69, 9.17) is 9.97 Å². The van der Waals surface area contributed by atoms with E-state index in [9.17, 15) is 5.11 Å². The van der Waals surface area contributed by atoms with Gasteiger partial charge in [-0.25, -0.2) is 19.6 Å². The number of anilines is 3. The van der Waals surface area contributed by atoms with Gasteiger partial charge in [0.1, 0.15) is 18.0 Å². The van der Waals surface area contributed by atoms with Crippen molar-refractivity contribution in [1.29, 1.82) is 0 Å². The largest absolute Gasteiger partial charge is 0.388 e. The normalized spacial score (nSPS) is 19.8. The van der Waals surface area contributed by atoms with Crippen molar-refractivity contribution in [2.75, 3.05) is 30.3 Å². The molecule has 4 aromatic rings. The zero-order chi connectivity index (χ0) is 28.9. The number of benzene rings is 1. The minimum absolute atomic E-state index is 0.439. The van der Waals surface area contributed by atoms with E-state index >= 15 is 0 Å². The number of hydrogen-bond donors (Lipinski definition) is 4. The van der Waals surface area contributed by atoms with Crippen molar-refractivity contribution in [2.24, 2.45) is 5.92 Å². The molecule has 1 unspecified atom stereocenters. The molecule has 4 N–H and O–H groups in total. The second-order valence-electron chi connectivity index (χ2n) is 11.0. The van der Waals surface area contributed by atoms with Crippen molar-refractivity contribution in [3.8, 4) is 17.1 Å². The summed E-state index contributed by atoms with van der Waals surface area (Å²) in [5, 5.41) is 27.5. The lowest BCUT2D eigenvalue weighted by molar-refractivity contribution is 0.0118. The van der Waals surface area contributed by atoms with Crippen molar-refractivity contribution in [2.45, 2.75) is 44.6 Å². The van der Waals surface area contributed by atoms with Crippen LogP contribution >= 0.6 is 0 Å². The predicted molar refractivity (Wildman–Crippen MR) is 166 cm³/mol. The van der Waals surface area contributed by atoms with Gasteiger partial charge in [-0.3, -0.25) is 0 Å². The Hall–Kier alpha value is -4.41. The number of allylic oxidation sites excluding steroid dienone is 1. The Morgan fingerprint density at radius 3 is 2.79 bits per heavy atom. The molecule has 1 aliphatic heterocycles. The summed E-state index contributed by atoms with van der Waals surface area (Å²) in [7, 11) is 0. The number of aliphatic hydroxyl groups is 1. The van der Waals surface area contributed by atoms with Gasteiger partial charge in [0.15, 0.2) is 5.82 Å². The van der Waals surface area contributed by atoms with Crippen molar-refractivity contribution in [1.82, 2.24) is 35.0 Å². The summed E-state index contributed by atoms with van der Waals surface area (Å²) in [5.74, 6) is 2.85. The van der Waals surface area contributed by atoms with Gasteiger partial charge in [-0.05, 0) is 81.3 Å². The maximum absolute atomic E-state index is 11.0. The third-order valence-electron chi connectivity index (χ3n) is 7.84. The monoisotopic (exact) mass is 563 g/mol. The van der Waals surface area contributed by atoms with Crippen LogP contribution in [0.1, 0.15) is 39.0 Å². The average molecular weight is 564 g/mol. The highest BCUT2D eigenvalue weighted by molar-refractivity contribution is 5.68. The van der Waals surface area contributed by atoms with E-state index in [0.717, 1.165) is 59.9 Å². The summed E-state index contributed by atoms with van der Waals surface area (Å²) < 4.78 is 1.71. The lowest BCUT2D eigenvalue weighted by Crippen LogP contribution is -2.46. The molecule has 4 heterocycles. The van der Waals surface area contributed by atoms with E-state index in [1.807, 2.05) is 61.5 Å². The number of aromatic nitrogens is 6. The van der Waals surface area contributed by atoms with E-state index in [2.05, 4.69) is 37.6 Å². The molecular weight excluding hydrogens is 526 g/mol. The zero-order valence-electron chi connectivity index (χ0n) is 23.9. The lowest BCUT2D eigenvalue weighted by Gasteiger charge is -2.32. The Kier molecular flexibility index (Phi) is 8.07. The molecule has 1 atom stereocenters. The first-order valence-corrected chi connectivity index (χ1v) is 14.6. The van der Waals surface area contributed by atoms with Gasteiger partial charge in [-0.15, -0.1) is 5.10 Å². The lowest BCUT2D eigenvalue weighted by atomic mass is 9.91. The molecule has 3 aromatic heterocycles. The molecule has 2 aliphatic rings. The SMILES string of the molecule is C=C/C(=c1/c(NCCC2(O)CCCNC2)nc(-c2ccnc(Nc3ncn(-c4ccccc4)n3)c2)n/c1=C/C)C1CC1. The van der Waals surface area contributed by atoms with Crippen LogP contribution in [0.15, 0.2) is 67.6 Å². The Bertz CT molecular complexity index is 1670. The van der Waals surface area contributed by atoms with Crippen LogP contribution in [-0.4, -0.2) is 60.1 Å². The first-order valence-electron chi connectivity index (χ1n) is 14.6. The summed E-state index contributed by atoms with van der Waals surface area (Å²) >= 11 is 0. The number of rotatable bonds is 10. The molecule has 6 rings (SSSR count). The maximum atomic E-state index is 11.0. The molecule has 1 aliphatic carbocycles. The Balaban J connectivity index is 1.31. The summed E-state index contributed by atoms with van der Waals surface area (Å²) in [5.41, 5.74) is 2.20. The molecule has 0 spiro atoms. The first-order chi connectivity index (χ1) is 20.5. The summed E-state index contributed by atoms with van der Waals surface area (Å²) in [6.45, 7) is 8.28. The highest BCUT2D eigenvalue weighted by Crippen LogP contribution is 2.37. The molecule has 0 amide bonds. The fraction of sp³-hybridized carbons (Fsp3) is 0.344. The van der Waals surface area contributed by atoms with Gasteiger partial charge in [0.05, 0.1) is 16.6 Å². The van der Waals surface area contributed by atoms with Gasteiger partial charge >= 0.3 is 0 Å². The summed E-state index contributed by atoms with van der Waals surface area (Å²) in [4.78, 5) is 18.9. The van der Waals surface area contributed by atoms with Crippen molar-refractivity contribution >= 4 is 29.2 Å². The van der Waals surface area contributed by atoms with Crippen LogP contribution in [0.2, 0.25) is 0 Å². The molecule has 1 saturated carbocycles. The molecule has 1 aromatic carbocycles. The highest BCUT2D eigenvalue weighted by atomic mass is 16.3. The average Bonchev–Trinajstić information content (AvgIpc) is 3.75. The number of β-amino-alcohol motifs (C(OH)–C–C–N with tert-alkyl or cyclic N) is 1. The van der Waals surface area contributed by atoms with Crippen LogP contribution in [0.25, 0.3) is 28.7 Å². The van der Waals surface area contributed by atoms with Crippen molar-refractivity contribution < 1.29 is 5.11 Å². The molecule has 216 valence electrons. The molecule has 10 heteroatoms. The summed E-state index contributed by atoms with van der Waals surface area (Å²) in [6, 6.07) is 13.6. The highest BCUT2D eigenvalue weighted by Gasteiger charge is 2.29. The van der Waals surface area contributed by atoms with Crippen LogP contribution in [0.4, 0.5) is 17.6 Å². The van der Waals surface area contributed by atoms with Gasteiger partial charge in [0.2, 0.25) is 5.95 Å². The second-order valence-corrected chi connectivity index (χ2v) is 11.0. The van der Waals surface area contributed by atoms with Crippen LogP contribution < -0.4 is 26.5 Å². The van der Waals surface area contributed by atoms with Gasteiger partial charge in [0, 0.05) is 30.1 Å². The van der Waals surface area contributed by atoms with Crippen LogP contribution in [0.3, 0.4) is 0 Å². The van der Waals surface area contributed by atoms with Gasteiger partial charge in [-0.1, -0.05) is 36.9 Å². The molecular formula is C32H37N9O. The number of piperidine rings is 1. The first kappa shape index (κ1) is 27.7. The van der Waals surface area contributed by atoms with Crippen molar-refractivity contribution in [3.63, 3.8) is 0 Å². The number of nitrogens with zero attached hydrogens (tertiary/aromatic N) is 6. The van der Waals surface area contributed by atoms with E-state index in [0.29, 0.717) is 43.0 Å². The molecule has 2 fully saturated rings. The van der Waals surface area contributed by atoms with Crippen LogP contribution in [-0.2, 0) is 0 Å². The van der Waals surface area contributed by atoms with Gasteiger partial charge in [-0.2, -0.15) is 4.98 Å². The molecule has 0 radical (unpaired) electrons. The fourth-order valence-electron chi connectivity index (χ4n) is 5.45. The molecule has 42 heavy (non-hydrogen) atoms. The smallest absolute Gasteiger partial charge is 0.248 e. The zero-order valence-corrected chi connectivity index (χ0v) is 23.9. The van der Waals surface area contributed by atoms with Crippen LogP contribution in [0, 0.1) is 5.92 Å². The number of para-hydroxylation sites is 1. The topological polar surface area (TPSA) is 126 Å². The minimum Gasteiger partial charge on any atom is -0.388 e. The Labute approximate surface area is 245 Å². The standard InChI is InChI=1S/C32H37N9O/c1-3-25(22-11-12-22)28-26(4-2)37-29(39-30(28)35-18-15-32(42)14-8-16-33-20-32)23-13-17-34-27(19-23)38-31-36-21-41(40-31)24-9-6-5-7-10-24/h3-7,9-10,13,17,19,21-22,33,42H,1,8,11-12,14-16,18,20H2,2H3,(H,34,38,40)(H,35,37,39)/b26-4+,28-25-. The number of nitrogens with one attached hydrogen (secondary N) is 3. The second kappa shape index (κ2) is 12.2. The van der Waals surface area contributed by atoms with E-state index in [-0.39, 0.29) is 0 Å².